The van der Waals surface area contributed by atoms with E-state index in [0.29, 0.717) is 0 Å². The molecule has 10 heavy (non-hydrogen) atoms. The zero-order valence-corrected chi connectivity index (χ0v) is 6.59. The highest BCUT2D eigenvalue weighted by atomic mass is 16.2. The first-order chi connectivity index (χ1) is 4.72. The van der Waals surface area contributed by atoms with Gasteiger partial charge in [0, 0.05) is 0 Å². The molecule has 0 heterocycles. The fourth-order valence-corrected chi connectivity index (χ4v) is 0.665. The summed E-state index contributed by atoms with van der Waals surface area (Å²) in [6.45, 7) is 7.76. The Bertz CT molecular complexity index is 164. The van der Waals surface area contributed by atoms with E-state index >= 15 is 0 Å². The molecular formula is C9H14O. The lowest BCUT2D eigenvalue weighted by atomic mass is 10.1. The van der Waals surface area contributed by atoms with E-state index in [-0.39, 0.29) is 6.61 Å². The molecular weight excluding hydrogens is 124 g/mol. The van der Waals surface area contributed by atoms with Gasteiger partial charge in [0.2, 0.25) is 0 Å². The lowest BCUT2D eigenvalue weighted by molar-refractivity contribution is 0.342. The number of rotatable bonds is 3. The Morgan fingerprint density at radius 1 is 1.60 bits per heavy atom. The summed E-state index contributed by atoms with van der Waals surface area (Å²) in [5.74, 6) is 0. The van der Waals surface area contributed by atoms with Crippen molar-refractivity contribution < 1.29 is 5.11 Å². The monoisotopic (exact) mass is 138 g/mol. The molecule has 1 heteroatoms. The Kier molecular flexibility index (Phi) is 4.59. The Morgan fingerprint density at radius 2 is 2.20 bits per heavy atom. The van der Waals surface area contributed by atoms with Crippen molar-refractivity contribution in [1.29, 1.82) is 0 Å². The van der Waals surface area contributed by atoms with E-state index in [2.05, 4.69) is 6.58 Å². The molecule has 0 aromatic carbocycles. The molecule has 0 rings (SSSR count). The first-order valence-corrected chi connectivity index (χ1v) is 3.32. The second-order valence-corrected chi connectivity index (χ2v) is 2.11. The third kappa shape index (κ3) is 3.25. The van der Waals surface area contributed by atoms with Crippen LogP contribution in [0.3, 0.4) is 0 Å². The van der Waals surface area contributed by atoms with Crippen LogP contribution in [0.2, 0.25) is 0 Å². The van der Waals surface area contributed by atoms with E-state index in [1.54, 1.807) is 6.08 Å². The number of hydrogen-bond donors (Lipinski definition) is 1. The van der Waals surface area contributed by atoms with Gasteiger partial charge >= 0.3 is 0 Å². The minimum atomic E-state index is 0.0879. The Morgan fingerprint density at radius 3 is 2.50 bits per heavy atom. The standard InChI is InChI=1S/C9H14O/c1-4-9(8(2)3)6-5-7-10/h4-6,10H,2,7H2,1,3H3/b6-5-,9-4+. The first kappa shape index (κ1) is 9.18. The van der Waals surface area contributed by atoms with Gasteiger partial charge in [-0.1, -0.05) is 30.4 Å². The van der Waals surface area contributed by atoms with Crippen molar-refractivity contribution in [2.45, 2.75) is 13.8 Å². The van der Waals surface area contributed by atoms with Gasteiger partial charge < -0.3 is 5.11 Å². The second-order valence-electron chi connectivity index (χ2n) is 2.11. The Labute approximate surface area is 62.4 Å². The van der Waals surface area contributed by atoms with Crippen LogP contribution in [0.25, 0.3) is 0 Å². The number of hydrogen-bond acceptors (Lipinski definition) is 1. The van der Waals surface area contributed by atoms with Gasteiger partial charge in [0.1, 0.15) is 0 Å². The highest BCUT2D eigenvalue weighted by Crippen LogP contribution is 2.06. The minimum Gasteiger partial charge on any atom is -0.392 e. The fraction of sp³-hybridized carbons (Fsp3) is 0.333. The summed E-state index contributed by atoms with van der Waals surface area (Å²) < 4.78 is 0. The molecule has 0 aliphatic rings. The van der Waals surface area contributed by atoms with Crippen LogP contribution in [0.1, 0.15) is 13.8 Å². The van der Waals surface area contributed by atoms with Crippen molar-refractivity contribution in [1.82, 2.24) is 0 Å². The molecule has 1 N–H and O–H groups in total. The van der Waals surface area contributed by atoms with E-state index in [9.17, 15) is 0 Å². The van der Waals surface area contributed by atoms with E-state index < -0.39 is 0 Å². The molecule has 0 amide bonds. The lowest BCUT2D eigenvalue weighted by Gasteiger charge is -1.96. The van der Waals surface area contributed by atoms with Crippen LogP contribution in [0.5, 0.6) is 0 Å². The van der Waals surface area contributed by atoms with Gasteiger partial charge in [0.25, 0.3) is 0 Å². The number of allylic oxidation sites excluding steroid dienone is 4. The molecule has 0 aliphatic carbocycles. The number of aliphatic hydroxyl groups excluding tert-OH is 1. The molecule has 0 saturated carbocycles. The second kappa shape index (κ2) is 5.00. The van der Waals surface area contributed by atoms with Crippen molar-refractivity contribution in [3.63, 3.8) is 0 Å². The predicted molar refractivity (Wildman–Crippen MR) is 44.8 cm³/mol. The van der Waals surface area contributed by atoms with Crippen molar-refractivity contribution in [3.05, 3.63) is 36.0 Å². The minimum absolute atomic E-state index is 0.0879. The van der Waals surface area contributed by atoms with Gasteiger partial charge in [-0.05, 0) is 19.4 Å². The smallest absolute Gasteiger partial charge is 0.0615 e. The average Bonchev–Trinajstić information content (AvgIpc) is 1.89. The van der Waals surface area contributed by atoms with Crippen molar-refractivity contribution in [2.24, 2.45) is 0 Å². The molecule has 56 valence electrons. The average molecular weight is 138 g/mol. The van der Waals surface area contributed by atoms with Crippen LogP contribution in [0.15, 0.2) is 36.0 Å². The SMILES string of the molecule is C=C(C)C(/C=C\CO)=C/C. The van der Waals surface area contributed by atoms with Crippen LogP contribution < -0.4 is 0 Å². The van der Waals surface area contributed by atoms with E-state index in [4.69, 9.17) is 5.11 Å². The molecule has 0 unspecified atom stereocenters. The van der Waals surface area contributed by atoms with Gasteiger partial charge in [-0.3, -0.25) is 0 Å². The highest BCUT2D eigenvalue weighted by molar-refractivity contribution is 5.35. The van der Waals surface area contributed by atoms with Crippen LogP contribution in [0, 0.1) is 0 Å². The molecule has 0 saturated heterocycles. The molecule has 1 nitrogen and oxygen atoms in total. The van der Waals surface area contributed by atoms with Crippen LogP contribution >= 0.6 is 0 Å². The predicted octanol–water partition coefficient (Wildman–Crippen LogP) is 2.06. The summed E-state index contributed by atoms with van der Waals surface area (Å²) in [7, 11) is 0. The van der Waals surface area contributed by atoms with E-state index in [1.165, 1.54) is 0 Å². The van der Waals surface area contributed by atoms with Crippen molar-refractivity contribution in [2.75, 3.05) is 6.61 Å². The summed E-state index contributed by atoms with van der Waals surface area (Å²) in [5, 5.41) is 8.45. The van der Waals surface area contributed by atoms with Crippen LogP contribution in [-0.2, 0) is 0 Å². The molecule has 0 fully saturated rings. The molecule has 0 atom stereocenters. The van der Waals surface area contributed by atoms with Crippen LogP contribution in [-0.4, -0.2) is 11.7 Å². The summed E-state index contributed by atoms with van der Waals surface area (Å²) in [5.41, 5.74) is 2.10. The van der Waals surface area contributed by atoms with Gasteiger partial charge in [-0.15, -0.1) is 0 Å². The maximum Gasteiger partial charge on any atom is 0.0615 e. The maximum atomic E-state index is 8.45. The maximum absolute atomic E-state index is 8.45. The van der Waals surface area contributed by atoms with Gasteiger partial charge in [-0.25, -0.2) is 0 Å². The van der Waals surface area contributed by atoms with Gasteiger partial charge in [0.15, 0.2) is 0 Å². The largest absolute Gasteiger partial charge is 0.392 e. The third-order valence-electron chi connectivity index (χ3n) is 1.21. The third-order valence-corrected chi connectivity index (χ3v) is 1.21. The van der Waals surface area contributed by atoms with Crippen LogP contribution in [0.4, 0.5) is 0 Å². The van der Waals surface area contributed by atoms with Crippen molar-refractivity contribution >= 4 is 0 Å². The van der Waals surface area contributed by atoms with Gasteiger partial charge in [0.05, 0.1) is 6.61 Å². The molecule has 0 spiro atoms. The summed E-state index contributed by atoms with van der Waals surface area (Å²) in [6.07, 6.45) is 5.53. The summed E-state index contributed by atoms with van der Waals surface area (Å²) in [4.78, 5) is 0. The summed E-state index contributed by atoms with van der Waals surface area (Å²) in [6, 6.07) is 0. The highest BCUT2D eigenvalue weighted by Gasteiger charge is 1.87. The molecule has 0 aromatic rings. The zero-order valence-electron chi connectivity index (χ0n) is 6.59. The van der Waals surface area contributed by atoms with Crippen molar-refractivity contribution in [3.8, 4) is 0 Å². The fourth-order valence-electron chi connectivity index (χ4n) is 0.665. The zero-order chi connectivity index (χ0) is 7.98. The quantitative estimate of drug-likeness (QED) is 0.592. The molecule has 0 radical (unpaired) electrons. The Balaban J connectivity index is 4.12. The van der Waals surface area contributed by atoms with E-state index in [1.807, 2.05) is 26.0 Å². The Hall–Kier alpha value is -0.820. The molecule has 0 bridgehead atoms. The van der Waals surface area contributed by atoms with E-state index in [0.717, 1.165) is 11.1 Å². The normalized spacial score (nSPS) is 12.5. The van der Waals surface area contributed by atoms with Gasteiger partial charge in [-0.2, -0.15) is 0 Å². The molecule has 0 aromatic heterocycles. The molecule has 0 aliphatic heterocycles. The number of aliphatic hydroxyl groups is 1. The lowest BCUT2D eigenvalue weighted by Crippen LogP contribution is -1.79. The first-order valence-electron chi connectivity index (χ1n) is 3.32. The topological polar surface area (TPSA) is 20.2 Å². The summed E-state index contributed by atoms with van der Waals surface area (Å²) >= 11 is 0.